The normalized spacial score (nSPS) is 18.5. The van der Waals surface area contributed by atoms with Gasteiger partial charge in [0.1, 0.15) is 0 Å². The molecule has 0 saturated carbocycles. The molecule has 0 aromatic carbocycles. The summed E-state index contributed by atoms with van der Waals surface area (Å²) in [7, 11) is 0. The number of rotatable bonds is 7. The van der Waals surface area contributed by atoms with E-state index in [1.54, 1.807) is 6.92 Å². The highest BCUT2D eigenvalue weighted by molar-refractivity contribution is 5.93. The van der Waals surface area contributed by atoms with Crippen molar-refractivity contribution in [1.82, 2.24) is 14.8 Å². The number of carboxylic acids is 1. The molecule has 0 unspecified atom stereocenters. The van der Waals surface area contributed by atoms with Crippen LogP contribution in [0.3, 0.4) is 0 Å². The molecule has 6 heteroatoms. The average Bonchev–Trinajstić information content (AvgIpc) is 2.84. The number of nitrogens with zero attached hydrogens (tertiary/aromatic N) is 2. The van der Waals surface area contributed by atoms with E-state index in [4.69, 9.17) is 0 Å². The van der Waals surface area contributed by atoms with E-state index in [-0.39, 0.29) is 17.9 Å². The summed E-state index contributed by atoms with van der Waals surface area (Å²) in [5.74, 6) is -1.08. The van der Waals surface area contributed by atoms with Crippen LogP contribution in [0.15, 0.2) is 6.20 Å². The van der Waals surface area contributed by atoms with Gasteiger partial charge in [-0.1, -0.05) is 6.42 Å². The Bertz CT molecular complexity index is 595. The largest absolute Gasteiger partial charge is 0.478 e. The number of nitrogens with one attached hydrogen (secondary N) is 1. The summed E-state index contributed by atoms with van der Waals surface area (Å²) < 4.78 is 1.85. The molecule has 1 aliphatic heterocycles. The van der Waals surface area contributed by atoms with E-state index in [1.165, 1.54) is 19.3 Å². The molecule has 0 bridgehead atoms. The standard InChI is InChI=1S/C18H29N3O3/c1-4-20-12-13(2)17(18(23)24)15(20)11-16(22)19-8-10-21-9-6-5-7-14(21)3/h12,14H,4-11H2,1-3H3,(H,19,22)(H,23,24)/t14-/m1/s1. The quantitative estimate of drug-likeness (QED) is 0.800. The molecule has 1 aliphatic rings. The summed E-state index contributed by atoms with van der Waals surface area (Å²) in [5, 5.41) is 12.3. The first-order chi connectivity index (χ1) is 11.4. The molecule has 1 fully saturated rings. The Hall–Kier alpha value is -1.82. The van der Waals surface area contributed by atoms with E-state index in [9.17, 15) is 14.7 Å². The molecule has 24 heavy (non-hydrogen) atoms. The van der Waals surface area contributed by atoms with Crippen LogP contribution in [-0.2, 0) is 17.8 Å². The number of aromatic nitrogens is 1. The Kier molecular flexibility index (Phi) is 6.43. The van der Waals surface area contributed by atoms with E-state index in [1.807, 2.05) is 17.7 Å². The lowest BCUT2D eigenvalue weighted by molar-refractivity contribution is -0.120. The van der Waals surface area contributed by atoms with Crippen molar-refractivity contribution < 1.29 is 14.7 Å². The van der Waals surface area contributed by atoms with E-state index in [0.717, 1.165) is 13.1 Å². The minimum atomic E-state index is -0.968. The summed E-state index contributed by atoms with van der Waals surface area (Å²) in [5.41, 5.74) is 1.55. The minimum absolute atomic E-state index is 0.110. The molecular formula is C18H29N3O3. The van der Waals surface area contributed by atoms with Crippen molar-refractivity contribution in [3.8, 4) is 0 Å². The van der Waals surface area contributed by atoms with Gasteiger partial charge in [-0.05, 0) is 45.7 Å². The first-order valence-corrected chi connectivity index (χ1v) is 8.86. The third-order valence-electron chi connectivity index (χ3n) is 4.92. The van der Waals surface area contributed by atoms with E-state index < -0.39 is 5.97 Å². The van der Waals surface area contributed by atoms with Gasteiger partial charge in [-0.2, -0.15) is 0 Å². The smallest absolute Gasteiger partial charge is 0.337 e. The van der Waals surface area contributed by atoms with Crippen molar-refractivity contribution in [2.75, 3.05) is 19.6 Å². The van der Waals surface area contributed by atoms with Gasteiger partial charge < -0.3 is 15.0 Å². The molecule has 134 valence electrons. The topological polar surface area (TPSA) is 74.6 Å². The molecule has 1 aromatic rings. The Labute approximate surface area is 143 Å². The van der Waals surface area contributed by atoms with Crippen LogP contribution in [-0.4, -0.2) is 52.1 Å². The van der Waals surface area contributed by atoms with Crippen LogP contribution in [0.5, 0.6) is 0 Å². The van der Waals surface area contributed by atoms with Crippen molar-refractivity contribution >= 4 is 11.9 Å². The molecule has 2 rings (SSSR count). The fraction of sp³-hybridized carbons (Fsp3) is 0.667. The van der Waals surface area contributed by atoms with Crippen molar-refractivity contribution in [3.63, 3.8) is 0 Å². The zero-order valence-electron chi connectivity index (χ0n) is 15.0. The fourth-order valence-corrected chi connectivity index (χ4v) is 3.55. The Balaban J connectivity index is 1.91. The molecule has 1 aromatic heterocycles. The van der Waals surface area contributed by atoms with Crippen LogP contribution in [0.4, 0.5) is 0 Å². The maximum atomic E-state index is 12.3. The van der Waals surface area contributed by atoms with Crippen molar-refractivity contribution in [1.29, 1.82) is 0 Å². The Morgan fingerprint density at radius 1 is 1.38 bits per heavy atom. The number of carboxylic acid groups (broad SMARTS) is 1. The second-order valence-corrected chi connectivity index (χ2v) is 6.63. The minimum Gasteiger partial charge on any atom is -0.478 e. The summed E-state index contributed by atoms with van der Waals surface area (Å²) in [6, 6.07) is 0.578. The van der Waals surface area contributed by atoms with E-state index in [0.29, 0.717) is 30.4 Å². The number of carbonyl (C=O) groups excluding carboxylic acids is 1. The predicted molar refractivity (Wildman–Crippen MR) is 93.4 cm³/mol. The molecular weight excluding hydrogens is 306 g/mol. The summed E-state index contributed by atoms with van der Waals surface area (Å²) >= 11 is 0. The predicted octanol–water partition coefficient (Wildman–Crippen LogP) is 2.05. The van der Waals surface area contributed by atoms with Gasteiger partial charge in [0.05, 0.1) is 12.0 Å². The van der Waals surface area contributed by atoms with Gasteiger partial charge in [0.15, 0.2) is 0 Å². The molecule has 2 heterocycles. The summed E-state index contributed by atoms with van der Waals surface area (Å²) in [6.45, 7) is 9.17. The van der Waals surface area contributed by atoms with Gasteiger partial charge in [0.25, 0.3) is 0 Å². The number of carbonyl (C=O) groups is 2. The van der Waals surface area contributed by atoms with Crippen molar-refractivity contribution in [3.05, 3.63) is 23.0 Å². The second kappa shape index (κ2) is 8.33. The fourth-order valence-electron chi connectivity index (χ4n) is 3.55. The third-order valence-corrected chi connectivity index (χ3v) is 4.92. The van der Waals surface area contributed by atoms with Crippen LogP contribution in [0.1, 0.15) is 54.7 Å². The number of aryl methyl sites for hydroxylation is 2. The highest BCUT2D eigenvalue weighted by Crippen LogP contribution is 2.18. The lowest BCUT2D eigenvalue weighted by atomic mass is 10.0. The average molecular weight is 335 g/mol. The maximum absolute atomic E-state index is 12.3. The van der Waals surface area contributed by atoms with E-state index >= 15 is 0 Å². The Morgan fingerprint density at radius 2 is 2.12 bits per heavy atom. The van der Waals surface area contributed by atoms with Crippen LogP contribution in [0.2, 0.25) is 0 Å². The third kappa shape index (κ3) is 4.38. The number of amides is 1. The highest BCUT2D eigenvalue weighted by atomic mass is 16.4. The number of hydrogen-bond donors (Lipinski definition) is 2. The van der Waals surface area contributed by atoms with Gasteiger partial charge >= 0.3 is 5.97 Å². The summed E-state index contributed by atoms with van der Waals surface area (Å²) in [4.78, 5) is 26.1. The molecule has 1 amide bonds. The molecule has 6 nitrogen and oxygen atoms in total. The molecule has 1 atom stereocenters. The van der Waals surface area contributed by atoms with Crippen LogP contribution in [0.25, 0.3) is 0 Å². The van der Waals surface area contributed by atoms with Crippen molar-refractivity contribution in [2.45, 2.75) is 59.0 Å². The second-order valence-electron chi connectivity index (χ2n) is 6.63. The molecule has 2 N–H and O–H groups in total. The number of likely N-dealkylation sites (tertiary alicyclic amines) is 1. The molecule has 0 aliphatic carbocycles. The van der Waals surface area contributed by atoms with Crippen LogP contribution in [0, 0.1) is 6.92 Å². The number of aromatic carboxylic acids is 1. The Morgan fingerprint density at radius 3 is 2.75 bits per heavy atom. The first-order valence-electron chi connectivity index (χ1n) is 8.86. The zero-order valence-corrected chi connectivity index (χ0v) is 15.0. The van der Waals surface area contributed by atoms with Gasteiger partial charge in [0, 0.05) is 37.6 Å². The van der Waals surface area contributed by atoms with E-state index in [2.05, 4.69) is 17.1 Å². The van der Waals surface area contributed by atoms with Gasteiger partial charge in [-0.3, -0.25) is 9.69 Å². The number of hydrogen-bond acceptors (Lipinski definition) is 3. The first kappa shape index (κ1) is 18.5. The maximum Gasteiger partial charge on any atom is 0.337 e. The SMILES string of the molecule is CCn1cc(C)c(C(=O)O)c1CC(=O)NCCN1CCCC[C@H]1C. The van der Waals surface area contributed by atoms with Gasteiger partial charge in [-0.15, -0.1) is 0 Å². The lowest BCUT2D eigenvalue weighted by Gasteiger charge is -2.33. The highest BCUT2D eigenvalue weighted by Gasteiger charge is 2.21. The van der Waals surface area contributed by atoms with Crippen LogP contribution < -0.4 is 5.32 Å². The number of piperidine rings is 1. The van der Waals surface area contributed by atoms with Crippen LogP contribution >= 0.6 is 0 Å². The zero-order chi connectivity index (χ0) is 17.7. The summed E-state index contributed by atoms with van der Waals surface area (Å²) in [6.07, 6.45) is 5.65. The molecule has 0 spiro atoms. The lowest BCUT2D eigenvalue weighted by Crippen LogP contribution is -2.42. The van der Waals surface area contributed by atoms with Gasteiger partial charge in [0.2, 0.25) is 5.91 Å². The van der Waals surface area contributed by atoms with Crippen molar-refractivity contribution in [2.24, 2.45) is 0 Å². The molecule has 1 saturated heterocycles. The monoisotopic (exact) mass is 335 g/mol. The van der Waals surface area contributed by atoms with Gasteiger partial charge in [-0.25, -0.2) is 4.79 Å². The molecule has 0 radical (unpaired) electrons.